The fourth-order valence-electron chi connectivity index (χ4n) is 2.78. The number of aromatic nitrogens is 5. The summed E-state index contributed by atoms with van der Waals surface area (Å²) in [5.74, 6) is -0.357. The van der Waals surface area contributed by atoms with Crippen molar-refractivity contribution in [1.82, 2.24) is 30.4 Å². The van der Waals surface area contributed by atoms with Crippen molar-refractivity contribution in [1.29, 1.82) is 0 Å². The Bertz CT molecular complexity index is 1230. The molecule has 3 aromatic heterocycles. The van der Waals surface area contributed by atoms with Crippen LogP contribution in [-0.4, -0.2) is 35.8 Å². The van der Waals surface area contributed by atoms with E-state index in [1.165, 1.54) is 6.07 Å². The van der Waals surface area contributed by atoms with E-state index in [1.54, 1.807) is 36.0 Å². The first-order valence-corrected chi connectivity index (χ1v) is 8.75. The Morgan fingerprint density at radius 3 is 2.96 bits per heavy atom. The number of pyridine rings is 2. The molecule has 0 aliphatic carbocycles. The molecule has 0 bridgehead atoms. The number of rotatable bonds is 4. The summed E-state index contributed by atoms with van der Waals surface area (Å²) in [6.45, 7) is 1.95. The summed E-state index contributed by atoms with van der Waals surface area (Å²) >= 11 is 4.74. The Morgan fingerprint density at radius 1 is 1.29 bits per heavy atom. The lowest BCUT2D eigenvalue weighted by Gasteiger charge is -2.07. The molecule has 1 aromatic carbocycles. The highest BCUT2D eigenvalue weighted by molar-refractivity contribution is 7.80. The van der Waals surface area contributed by atoms with Gasteiger partial charge in [-0.05, 0) is 43.4 Å². The molecule has 0 radical (unpaired) electrons. The summed E-state index contributed by atoms with van der Waals surface area (Å²) in [5, 5.41) is 13.2. The molecule has 4 aromatic rings. The summed E-state index contributed by atoms with van der Waals surface area (Å²) in [7, 11) is 0. The van der Waals surface area contributed by atoms with Crippen LogP contribution >= 0.6 is 12.2 Å². The van der Waals surface area contributed by atoms with Crippen molar-refractivity contribution in [2.45, 2.75) is 13.5 Å². The van der Waals surface area contributed by atoms with Gasteiger partial charge in [-0.25, -0.2) is 14.1 Å². The first kappa shape index (κ1) is 17.9. The summed E-state index contributed by atoms with van der Waals surface area (Å²) in [6, 6.07) is 10.4. The molecule has 0 saturated heterocycles. The van der Waals surface area contributed by atoms with Crippen LogP contribution in [0, 0.1) is 5.82 Å². The Balaban J connectivity index is 1.71. The van der Waals surface area contributed by atoms with Crippen molar-refractivity contribution in [3.63, 3.8) is 0 Å². The van der Waals surface area contributed by atoms with Gasteiger partial charge >= 0.3 is 0 Å². The smallest absolute Gasteiger partial charge is 0.184 e. The molecule has 0 spiro atoms. The van der Waals surface area contributed by atoms with Gasteiger partial charge in [-0.15, -0.1) is 5.10 Å². The van der Waals surface area contributed by atoms with Crippen molar-refractivity contribution in [3.05, 3.63) is 59.7 Å². The Kier molecular flexibility index (Phi) is 4.62. The fourth-order valence-corrected chi connectivity index (χ4v) is 2.83. The number of thiocarbonyl (C=S) groups is 1. The van der Waals surface area contributed by atoms with E-state index in [0.717, 1.165) is 5.39 Å². The van der Waals surface area contributed by atoms with Gasteiger partial charge < -0.3 is 5.73 Å². The van der Waals surface area contributed by atoms with E-state index >= 15 is 0 Å². The van der Waals surface area contributed by atoms with Gasteiger partial charge in [-0.2, -0.15) is 5.10 Å². The molecule has 0 saturated carbocycles. The SMILES string of the molecule is CC(=NNC(N)=S)c1ccc2nnn(Cc3cc4cccnc4cc3F)c2n1. The zero-order valence-corrected chi connectivity index (χ0v) is 15.6. The zero-order chi connectivity index (χ0) is 19.7. The monoisotopic (exact) mass is 394 g/mol. The molecule has 140 valence electrons. The van der Waals surface area contributed by atoms with Crippen molar-refractivity contribution in [2.24, 2.45) is 10.8 Å². The Labute approximate surface area is 164 Å². The van der Waals surface area contributed by atoms with Crippen molar-refractivity contribution >= 4 is 45.1 Å². The van der Waals surface area contributed by atoms with E-state index in [4.69, 9.17) is 18.0 Å². The normalized spacial score (nSPS) is 11.9. The topological polar surface area (TPSA) is 107 Å². The van der Waals surface area contributed by atoms with Gasteiger partial charge in [0.1, 0.15) is 11.3 Å². The third-order valence-corrected chi connectivity index (χ3v) is 4.25. The molecule has 0 atom stereocenters. The molecule has 0 aliphatic rings. The first-order valence-electron chi connectivity index (χ1n) is 8.35. The van der Waals surface area contributed by atoms with Crippen LogP contribution in [0.2, 0.25) is 0 Å². The molecule has 3 heterocycles. The maximum Gasteiger partial charge on any atom is 0.184 e. The molecular formula is C18H15FN8S. The number of nitrogens with one attached hydrogen (secondary N) is 1. The Hall–Kier alpha value is -3.53. The largest absolute Gasteiger partial charge is 0.375 e. The van der Waals surface area contributed by atoms with Crippen LogP contribution in [0.1, 0.15) is 18.2 Å². The number of halogens is 1. The highest BCUT2D eigenvalue weighted by Crippen LogP contribution is 2.19. The number of hydrogen-bond acceptors (Lipinski definition) is 6. The number of hydrazone groups is 1. The number of nitrogens with two attached hydrogens (primary N) is 1. The summed E-state index contributed by atoms with van der Waals surface area (Å²) in [6.07, 6.45) is 1.63. The summed E-state index contributed by atoms with van der Waals surface area (Å²) < 4.78 is 16.1. The van der Waals surface area contributed by atoms with Gasteiger partial charge in [0.05, 0.1) is 23.5 Å². The molecule has 0 unspecified atom stereocenters. The van der Waals surface area contributed by atoms with Crippen LogP contribution in [0.5, 0.6) is 0 Å². The lowest BCUT2D eigenvalue weighted by Crippen LogP contribution is -2.25. The minimum atomic E-state index is -0.357. The number of fused-ring (bicyclic) bond motifs is 2. The van der Waals surface area contributed by atoms with E-state index in [2.05, 4.69) is 30.8 Å². The van der Waals surface area contributed by atoms with Crippen molar-refractivity contribution < 1.29 is 4.39 Å². The predicted molar refractivity (Wildman–Crippen MR) is 108 cm³/mol. The van der Waals surface area contributed by atoms with E-state index in [-0.39, 0.29) is 17.5 Å². The molecule has 0 aliphatic heterocycles. The highest BCUT2D eigenvalue weighted by Gasteiger charge is 2.12. The van der Waals surface area contributed by atoms with Gasteiger partial charge in [0.25, 0.3) is 0 Å². The van der Waals surface area contributed by atoms with Gasteiger partial charge in [0.2, 0.25) is 0 Å². The zero-order valence-electron chi connectivity index (χ0n) is 14.8. The van der Waals surface area contributed by atoms with Crippen LogP contribution in [0.25, 0.3) is 22.1 Å². The standard InChI is InChI=1S/C18H15FN8S/c1-10(23-25-18(20)28)14-4-5-15-17(22-14)27(26-24-15)9-12-7-11-3-2-6-21-16(11)8-13(12)19/h2-8H,9H2,1H3,(H3,20,25,28). The maximum absolute atomic E-state index is 14.5. The van der Waals surface area contributed by atoms with Crippen LogP contribution in [0.15, 0.2) is 47.7 Å². The molecule has 0 fully saturated rings. The third-order valence-electron chi connectivity index (χ3n) is 4.16. The van der Waals surface area contributed by atoms with Gasteiger partial charge in [-0.3, -0.25) is 10.4 Å². The molecule has 4 rings (SSSR count). The van der Waals surface area contributed by atoms with E-state index < -0.39 is 0 Å². The molecule has 10 heteroatoms. The van der Waals surface area contributed by atoms with Gasteiger partial charge in [-0.1, -0.05) is 11.3 Å². The van der Waals surface area contributed by atoms with Crippen molar-refractivity contribution in [2.75, 3.05) is 0 Å². The van der Waals surface area contributed by atoms with Gasteiger partial charge in [0.15, 0.2) is 10.8 Å². The first-order chi connectivity index (χ1) is 13.5. The second-order valence-corrected chi connectivity index (χ2v) is 6.54. The summed E-state index contributed by atoms with van der Waals surface area (Å²) in [5.41, 5.74) is 11.3. The quantitative estimate of drug-likeness (QED) is 0.310. The number of benzene rings is 1. The highest BCUT2D eigenvalue weighted by atomic mass is 32.1. The van der Waals surface area contributed by atoms with E-state index in [0.29, 0.717) is 33.6 Å². The second-order valence-electron chi connectivity index (χ2n) is 6.10. The fraction of sp³-hybridized carbons (Fsp3) is 0.111. The predicted octanol–water partition coefficient (Wildman–Crippen LogP) is 2.12. The maximum atomic E-state index is 14.5. The number of hydrogen-bond donors (Lipinski definition) is 2. The lowest BCUT2D eigenvalue weighted by atomic mass is 10.1. The van der Waals surface area contributed by atoms with Crippen LogP contribution in [-0.2, 0) is 6.54 Å². The molecule has 28 heavy (non-hydrogen) atoms. The molecular weight excluding hydrogens is 379 g/mol. The molecule has 3 N–H and O–H groups in total. The minimum Gasteiger partial charge on any atom is -0.375 e. The molecule has 0 amide bonds. The molecule has 8 nitrogen and oxygen atoms in total. The Morgan fingerprint density at radius 2 is 2.14 bits per heavy atom. The van der Waals surface area contributed by atoms with Gasteiger partial charge in [0, 0.05) is 23.2 Å². The summed E-state index contributed by atoms with van der Waals surface area (Å²) in [4.78, 5) is 8.72. The van der Waals surface area contributed by atoms with Crippen LogP contribution in [0.3, 0.4) is 0 Å². The van der Waals surface area contributed by atoms with Crippen LogP contribution in [0.4, 0.5) is 4.39 Å². The lowest BCUT2D eigenvalue weighted by molar-refractivity contribution is 0.583. The van der Waals surface area contributed by atoms with E-state index in [9.17, 15) is 4.39 Å². The van der Waals surface area contributed by atoms with Crippen LogP contribution < -0.4 is 11.2 Å². The minimum absolute atomic E-state index is 0.0633. The second kappa shape index (κ2) is 7.24. The third kappa shape index (κ3) is 3.49. The van der Waals surface area contributed by atoms with E-state index in [1.807, 2.05) is 12.1 Å². The van der Waals surface area contributed by atoms with Crippen molar-refractivity contribution in [3.8, 4) is 0 Å². The average Bonchev–Trinajstić information content (AvgIpc) is 3.08. The average molecular weight is 394 g/mol. The number of nitrogens with zero attached hydrogens (tertiary/aromatic N) is 6.